The minimum atomic E-state index is -4.38. The minimum absolute atomic E-state index is 0.174. The molecule has 0 aromatic heterocycles. The molecule has 134 valence electrons. The van der Waals surface area contributed by atoms with Gasteiger partial charge in [0.2, 0.25) is 0 Å². The van der Waals surface area contributed by atoms with Crippen molar-refractivity contribution in [1.29, 1.82) is 0 Å². The molecule has 0 aliphatic carbocycles. The van der Waals surface area contributed by atoms with Crippen LogP contribution in [0, 0.1) is 0 Å². The Labute approximate surface area is 162 Å². The van der Waals surface area contributed by atoms with Crippen molar-refractivity contribution in [3.63, 3.8) is 0 Å². The first-order valence-electron chi connectivity index (χ1n) is 7.46. The number of thioether (sulfide) groups is 2. The molecule has 2 aromatic carbocycles. The summed E-state index contributed by atoms with van der Waals surface area (Å²) in [6.07, 6.45) is -2.68. The van der Waals surface area contributed by atoms with Gasteiger partial charge < -0.3 is 5.32 Å². The fourth-order valence-corrected chi connectivity index (χ4v) is 4.44. The third-order valence-corrected chi connectivity index (χ3v) is 5.85. The minimum Gasteiger partial charge on any atom is -0.307 e. The van der Waals surface area contributed by atoms with E-state index in [0.717, 1.165) is 16.5 Å². The van der Waals surface area contributed by atoms with Gasteiger partial charge in [-0.2, -0.15) is 13.2 Å². The number of rotatable bonds is 4. The molecule has 1 saturated heterocycles. The van der Waals surface area contributed by atoms with Gasteiger partial charge in [0.15, 0.2) is 0 Å². The molecule has 0 bridgehead atoms. The summed E-state index contributed by atoms with van der Waals surface area (Å²) in [5.41, 5.74) is 0.366. The van der Waals surface area contributed by atoms with Crippen molar-refractivity contribution in [1.82, 2.24) is 5.32 Å². The zero-order valence-electron chi connectivity index (χ0n) is 13.2. The summed E-state index contributed by atoms with van der Waals surface area (Å²) >= 11 is 7.43. The van der Waals surface area contributed by atoms with Crippen molar-refractivity contribution in [3.8, 4) is 0 Å². The standard InChI is InChI=1S/C18H12F3NOS3/c19-18(20,21)13-7-3-1-6-12(13)10-25-14-8-4-2-5-11(14)9-15-16(23)22-17(24)26-15/h1-9H,10H2,(H,22,23,24). The lowest BCUT2D eigenvalue weighted by atomic mass is 10.1. The van der Waals surface area contributed by atoms with Crippen molar-refractivity contribution < 1.29 is 18.0 Å². The maximum Gasteiger partial charge on any atom is 0.416 e. The summed E-state index contributed by atoms with van der Waals surface area (Å²) in [6.45, 7) is 0. The summed E-state index contributed by atoms with van der Waals surface area (Å²) in [5.74, 6) is -0.0876. The van der Waals surface area contributed by atoms with Gasteiger partial charge >= 0.3 is 6.18 Å². The molecule has 3 rings (SSSR count). The van der Waals surface area contributed by atoms with Gasteiger partial charge in [-0.15, -0.1) is 11.8 Å². The molecule has 2 nitrogen and oxygen atoms in total. The summed E-state index contributed by atoms with van der Waals surface area (Å²) < 4.78 is 39.8. The highest BCUT2D eigenvalue weighted by Gasteiger charge is 2.32. The van der Waals surface area contributed by atoms with Crippen LogP contribution in [0.5, 0.6) is 0 Å². The SMILES string of the molecule is O=C1NC(=S)SC1=Cc1ccccc1SCc1ccccc1C(F)(F)F. The van der Waals surface area contributed by atoms with Gasteiger partial charge in [-0.3, -0.25) is 4.79 Å². The number of hydrogen-bond donors (Lipinski definition) is 1. The van der Waals surface area contributed by atoms with E-state index in [2.05, 4.69) is 5.32 Å². The first-order valence-corrected chi connectivity index (χ1v) is 9.67. The van der Waals surface area contributed by atoms with Crippen molar-refractivity contribution in [2.75, 3.05) is 0 Å². The van der Waals surface area contributed by atoms with E-state index in [9.17, 15) is 18.0 Å². The molecule has 1 aliphatic rings. The largest absolute Gasteiger partial charge is 0.416 e. The average molecular weight is 411 g/mol. The zero-order valence-corrected chi connectivity index (χ0v) is 15.6. The van der Waals surface area contributed by atoms with Gasteiger partial charge in [-0.1, -0.05) is 60.4 Å². The number of benzene rings is 2. The molecule has 1 aliphatic heterocycles. The van der Waals surface area contributed by atoms with Gasteiger partial charge in [0, 0.05) is 10.6 Å². The highest BCUT2D eigenvalue weighted by Crippen LogP contribution is 2.36. The van der Waals surface area contributed by atoms with Gasteiger partial charge in [0.05, 0.1) is 10.5 Å². The number of nitrogens with one attached hydrogen (secondary N) is 1. The Bertz CT molecular complexity index is 893. The smallest absolute Gasteiger partial charge is 0.307 e. The van der Waals surface area contributed by atoms with Crippen molar-refractivity contribution in [2.24, 2.45) is 0 Å². The van der Waals surface area contributed by atoms with E-state index in [1.807, 2.05) is 24.3 Å². The van der Waals surface area contributed by atoms with E-state index < -0.39 is 11.7 Å². The first-order chi connectivity index (χ1) is 12.3. The van der Waals surface area contributed by atoms with Crippen LogP contribution in [0.2, 0.25) is 0 Å². The summed E-state index contributed by atoms with van der Waals surface area (Å²) in [6, 6.07) is 12.8. The van der Waals surface area contributed by atoms with E-state index in [-0.39, 0.29) is 17.2 Å². The van der Waals surface area contributed by atoms with Gasteiger partial charge in [0.25, 0.3) is 5.91 Å². The van der Waals surface area contributed by atoms with Crippen molar-refractivity contribution in [2.45, 2.75) is 16.8 Å². The summed E-state index contributed by atoms with van der Waals surface area (Å²) in [4.78, 5) is 13.1. The van der Waals surface area contributed by atoms with Crippen LogP contribution in [0.3, 0.4) is 0 Å². The lowest BCUT2D eigenvalue weighted by Gasteiger charge is -2.13. The van der Waals surface area contributed by atoms with E-state index in [4.69, 9.17) is 12.2 Å². The highest BCUT2D eigenvalue weighted by molar-refractivity contribution is 8.26. The van der Waals surface area contributed by atoms with Crippen LogP contribution in [-0.4, -0.2) is 10.2 Å². The molecule has 0 unspecified atom stereocenters. The lowest BCUT2D eigenvalue weighted by Crippen LogP contribution is -2.17. The molecule has 0 atom stereocenters. The summed E-state index contributed by atoms with van der Waals surface area (Å²) in [5, 5.41) is 2.54. The lowest BCUT2D eigenvalue weighted by molar-refractivity contribution is -0.138. The van der Waals surface area contributed by atoms with Gasteiger partial charge in [-0.05, 0) is 29.3 Å². The van der Waals surface area contributed by atoms with Crippen LogP contribution in [0.1, 0.15) is 16.7 Å². The third kappa shape index (κ3) is 4.49. The number of hydrogen-bond acceptors (Lipinski definition) is 4. The zero-order chi connectivity index (χ0) is 18.7. The number of halogens is 3. The van der Waals surface area contributed by atoms with E-state index in [1.54, 1.807) is 12.1 Å². The van der Waals surface area contributed by atoms with E-state index >= 15 is 0 Å². The molecule has 2 aromatic rings. The fraction of sp³-hybridized carbons (Fsp3) is 0.111. The van der Waals surface area contributed by atoms with Gasteiger partial charge in [-0.25, -0.2) is 0 Å². The second kappa shape index (κ2) is 7.85. The van der Waals surface area contributed by atoms with E-state index in [1.165, 1.54) is 35.7 Å². The van der Waals surface area contributed by atoms with Crippen LogP contribution >= 0.6 is 35.7 Å². The number of amides is 1. The first kappa shape index (κ1) is 19.0. The Balaban J connectivity index is 1.84. The highest BCUT2D eigenvalue weighted by atomic mass is 32.2. The Morgan fingerprint density at radius 2 is 1.81 bits per heavy atom. The molecule has 1 fully saturated rings. The second-order valence-electron chi connectivity index (χ2n) is 5.33. The Morgan fingerprint density at radius 1 is 1.12 bits per heavy atom. The Kier molecular flexibility index (Phi) is 5.74. The van der Waals surface area contributed by atoms with Crippen LogP contribution in [-0.2, 0) is 16.7 Å². The molecule has 1 amide bonds. The summed E-state index contributed by atoms with van der Waals surface area (Å²) in [7, 11) is 0. The maximum absolute atomic E-state index is 13.1. The molecular weight excluding hydrogens is 399 g/mol. The molecule has 8 heteroatoms. The molecule has 1 N–H and O–H groups in total. The predicted molar refractivity (Wildman–Crippen MR) is 104 cm³/mol. The number of carbonyl (C=O) groups is 1. The monoisotopic (exact) mass is 411 g/mol. The third-order valence-electron chi connectivity index (χ3n) is 3.55. The van der Waals surface area contributed by atoms with Crippen LogP contribution in [0.25, 0.3) is 6.08 Å². The second-order valence-corrected chi connectivity index (χ2v) is 8.07. The maximum atomic E-state index is 13.1. The number of carbonyl (C=O) groups excluding carboxylic acids is 1. The topological polar surface area (TPSA) is 29.1 Å². The Morgan fingerprint density at radius 3 is 2.50 bits per heavy atom. The van der Waals surface area contributed by atoms with Crippen LogP contribution in [0.15, 0.2) is 58.3 Å². The van der Waals surface area contributed by atoms with Gasteiger partial charge in [0.1, 0.15) is 4.32 Å². The number of thiocarbonyl (C=S) groups is 1. The van der Waals surface area contributed by atoms with Crippen molar-refractivity contribution in [3.05, 3.63) is 70.1 Å². The van der Waals surface area contributed by atoms with Crippen LogP contribution < -0.4 is 5.32 Å². The van der Waals surface area contributed by atoms with E-state index in [0.29, 0.717) is 9.23 Å². The molecule has 0 saturated carbocycles. The molecule has 26 heavy (non-hydrogen) atoms. The number of alkyl halides is 3. The predicted octanol–water partition coefficient (Wildman–Crippen LogP) is 5.49. The molecule has 0 radical (unpaired) electrons. The Hall–Kier alpha value is -1.77. The fourth-order valence-electron chi connectivity index (χ4n) is 2.37. The van der Waals surface area contributed by atoms with Crippen LogP contribution in [0.4, 0.5) is 13.2 Å². The normalized spacial score (nSPS) is 16.2. The molecule has 1 heterocycles. The molecular formula is C18H12F3NOS3. The molecule has 0 spiro atoms. The average Bonchev–Trinajstić information content (AvgIpc) is 2.91. The van der Waals surface area contributed by atoms with Crippen molar-refractivity contribution >= 4 is 52.0 Å². The quantitative estimate of drug-likeness (QED) is 0.409.